The van der Waals surface area contributed by atoms with Gasteiger partial charge in [0.1, 0.15) is 5.60 Å². The van der Waals surface area contributed by atoms with Crippen LogP contribution in [0.5, 0.6) is 0 Å². The van der Waals surface area contributed by atoms with Crippen LogP contribution in [0, 0.1) is 0 Å². The van der Waals surface area contributed by atoms with Gasteiger partial charge in [0.05, 0.1) is 6.42 Å². The molecule has 0 aliphatic carbocycles. The first-order valence-electron chi connectivity index (χ1n) is 6.05. The van der Waals surface area contributed by atoms with E-state index >= 15 is 0 Å². The quantitative estimate of drug-likeness (QED) is 0.819. The predicted octanol–water partition coefficient (Wildman–Crippen LogP) is 2.42. The summed E-state index contributed by atoms with van der Waals surface area (Å²) in [5, 5.41) is 9.05. The third-order valence-electron chi connectivity index (χ3n) is 2.55. The molecule has 110 valence electrons. The average molecular weight is 344 g/mol. The lowest BCUT2D eigenvalue weighted by atomic mass is 9.87. The van der Waals surface area contributed by atoms with Crippen molar-refractivity contribution < 1.29 is 19.4 Å². The zero-order valence-electron chi connectivity index (χ0n) is 11.6. The zero-order valence-corrected chi connectivity index (χ0v) is 13.2. The largest absolute Gasteiger partial charge is 0.481 e. The van der Waals surface area contributed by atoms with E-state index in [2.05, 4.69) is 15.9 Å². The van der Waals surface area contributed by atoms with Crippen molar-refractivity contribution in [2.24, 2.45) is 5.73 Å². The number of benzene rings is 1. The van der Waals surface area contributed by atoms with Crippen LogP contribution in [0.25, 0.3) is 0 Å². The van der Waals surface area contributed by atoms with E-state index in [1.54, 1.807) is 45.0 Å². The summed E-state index contributed by atoms with van der Waals surface area (Å²) in [5.74, 6) is -1.94. The molecule has 0 radical (unpaired) electrons. The first-order valence-corrected chi connectivity index (χ1v) is 6.85. The molecule has 6 heteroatoms. The molecule has 0 heterocycles. The Kier molecular flexibility index (Phi) is 4.94. The van der Waals surface area contributed by atoms with Crippen LogP contribution in [0.15, 0.2) is 28.7 Å². The monoisotopic (exact) mass is 343 g/mol. The Labute approximate surface area is 126 Å². The highest BCUT2D eigenvalue weighted by Crippen LogP contribution is 2.31. The number of nitrogens with two attached hydrogens (primary N) is 1. The van der Waals surface area contributed by atoms with Crippen molar-refractivity contribution in [2.75, 3.05) is 0 Å². The number of carbonyl (C=O) groups is 2. The third kappa shape index (κ3) is 4.05. The molecule has 0 aromatic heterocycles. The lowest BCUT2D eigenvalue weighted by Gasteiger charge is -2.31. The van der Waals surface area contributed by atoms with Gasteiger partial charge in [-0.1, -0.05) is 34.1 Å². The van der Waals surface area contributed by atoms with E-state index in [4.69, 9.17) is 15.6 Å². The average Bonchev–Trinajstić information content (AvgIpc) is 2.25. The standard InChI is InChI=1S/C14H18BrNO4/c1-13(2,3)20-12(19)14(16,8-11(17)18)9-6-4-5-7-10(9)15/h4-7H,8,16H2,1-3H3,(H,17,18)/t14-/m0/s1. The Morgan fingerprint density at radius 1 is 1.30 bits per heavy atom. The second-order valence-corrected chi connectivity index (χ2v) is 6.38. The molecule has 0 aliphatic rings. The molecule has 1 aromatic rings. The molecular formula is C14H18BrNO4. The van der Waals surface area contributed by atoms with Gasteiger partial charge in [0.15, 0.2) is 5.54 Å². The number of hydrogen-bond acceptors (Lipinski definition) is 4. The van der Waals surface area contributed by atoms with Gasteiger partial charge in [-0.05, 0) is 32.4 Å². The van der Waals surface area contributed by atoms with Gasteiger partial charge in [-0.15, -0.1) is 0 Å². The number of hydrogen-bond donors (Lipinski definition) is 2. The number of carboxylic acid groups (broad SMARTS) is 1. The van der Waals surface area contributed by atoms with E-state index < -0.39 is 29.5 Å². The van der Waals surface area contributed by atoms with Crippen LogP contribution < -0.4 is 5.73 Å². The van der Waals surface area contributed by atoms with Crippen molar-refractivity contribution in [2.45, 2.75) is 38.3 Å². The Bertz CT molecular complexity index is 524. The van der Waals surface area contributed by atoms with Crippen LogP contribution in [0.3, 0.4) is 0 Å². The number of aliphatic carboxylic acids is 1. The molecule has 0 saturated carbocycles. The summed E-state index contributed by atoms with van der Waals surface area (Å²) < 4.78 is 5.83. The van der Waals surface area contributed by atoms with Gasteiger partial charge in [0.2, 0.25) is 0 Å². The maximum Gasteiger partial charge on any atom is 0.331 e. The summed E-state index contributed by atoms with van der Waals surface area (Å²) in [4.78, 5) is 23.4. The van der Waals surface area contributed by atoms with Crippen LogP contribution >= 0.6 is 15.9 Å². The Hall–Kier alpha value is -1.40. The normalized spacial score (nSPS) is 14.4. The molecule has 3 N–H and O–H groups in total. The molecule has 0 saturated heterocycles. The highest BCUT2D eigenvalue weighted by atomic mass is 79.9. The second kappa shape index (κ2) is 5.93. The van der Waals surface area contributed by atoms with Crippen molar-refractivity contribution in [3.05, 3.63) is 34.3 Å². The van der Waals surface area contributed by atoms with Crippen LogP contribution in [-0.4, -0.2) is 22.6 Å². The highest BCUT2D eigenvalue weighted by Gasteiger charge is 2.42. The lowest BCUT2D eigenvalue weighted by Crippen LogP contribution is -2.50. The van der Waals surface area contributed by atoms with E-state index in [1.807, 2.05) is 0 Å². The Balaban J connectivity index is 3.26. The summed E-state index contributed by atoms with van der Waals surface area (Å²) in [6.45, 7) is 5.10. The SMILES string of the molecule is CC(C)(C)OC(=O)[C@](N)(CC(=O)O)c1ccccc1Br. The first-order chi connectivity index (χ1) is 9.06. The maximum atomic E-state index is 12.3. The van der Waals surface area contributed by atoms with Crippen LogP contribution in [0.1, 0.15) is 32.8 Å². The molecule has 20 heavy (non-hydrogen) atoms. The minimum absolute atomic E-state index is 0.386. The number of carbonyl (C=O) groups excluding carboxylic acids is 1. The Morgan fingerprint density at radius 3 is 2.30 bits per heavy atom. The summed E-state index contributed by atoms with van der Waals surface area (Å²) in [6, 6.07) is 6.75. The summed E-state index contributed by atoms with van der Waals surface area (Å²) in [6.07, 6.45) is -0.551. The number of ether oxygens (including phenoxy) is 1. The van der Waals surface area contributed by atoms with Crippen molar-refractivity contribution in [3.8, 4) is 0 Å². The predicted molar refractivity (Wildman–Crippen MR) is 78.1 cm³/mol. The lowest BCUT2D eigenvalue weighted by molar-refractivity contribution is -0.165. The molecule has 1 rings (SSSR count). The molecule has 0 fully saturated rings. The van der Waals surface area contributed by atoms with Gasteiger partial charge in [-0.25, -0.2) is 4.79 Å². The molecular weight excluding hydrogens is 326 g/mol. The van der Waals surface area contributed by atoms with Gasteiger partial charge in [-0.3, -0.25) is 4.79 Å². The molecule has 0 bridgehead atoms. The van der Waals surface area contributed by atoms with Gasteiger partial charge in [0.25, 0.3) is 0 Å². The van der Waals surface area contributed by atoms with Crippen molar-refractivity contribution in [1.82, 2.24) is 0 Å². The fourth-order valence-corrected chi connectivity index (χ4v) is 2.35. The number of carboxylic acids is 1. The smallest absolute Gasteiger partial charge is 0.331 e. The molecule has 5 nitrogen and oxygen atoms in total. The molecule has 0 spiro atoms. The van der Waals surface area contributed by atoms with Crippen molar-refractivity contribution in [3.63, 3.8) is 0 Å². The van der Waals surface area contributed by atoms with E-state index in [1.165, 1.54) is 0 Å². The van der Waals surface area contributed by atoms with E-state index in [0.29, 0.717) is 10.0 Å². The van der Waals surface area contributed by atoms with E-state index in [-0.39, 0.29) is 0 Å². The first kappa shape index (κ1) is 16.7. The van der Waals surface area contributed by atoms with Gasteiger partial charge < -0.3 is 15.6 Å². The minimum atomic E-state index is -1.74. The second-order valence-electron chi connectivity index (χ2n) is 5.52. The summed E-state index contributed by atoms with van der Waals surface area (Å²) >= 11 is 3.29. The topological polar surface area (TPSA) is 89.6 Å². The molecule has 0 amide bonds. The Morgan fingerprint density at radius 2 is 1.85 bits per heavy atom. The van der Waals surface area contributed by atoms with Crippen molar-refractivity contribution >= 4 is 27.9 Å². The molecule has 1 atom stereocenters. The molecule has 0 aliphatic heterocycles. The fraction of sp³-hybridized carbons (Fsp3) is 0.429. The van der Waals surface area contributed by atoms with Gasteiger partial charge >= 0.3 is 11.9 Å². The maximum absolute atomic E-state index is 12.3. The number of halogens is 1. The molecule has 1 aromatic carbocycles. The third-order valence-corrected chi connectivity index (χ3v) is 3.24. The minimum Gasteiger partial charge on any atom is -0.481 e. The zero-order chi connectivity index (χ0) is 15.6. The van der Waals surface area contributed by atoms with Crippen LogP contribution in [0.2, 0.25) is 0 Å². The van der Waals surface area contributed by atoms with E-state index in [9.17, 15) is 9.59 Å². The van der Waals surface area contributed by atoms with E-state index in [0.717, 1.165) is 0 Å². The molecule has 0 unspecified atom stereocenters. The van der Waals surface area contributed by atoms with Gasteiger partial charge in [0, 0.05) is 4.47 Å². The van der Waals surface area contributed by atoms with Gasteiger partial charge in [-0.2, -0.15) is 0 Å². The highest BCUT2D eigenvalue weighted by molar-refractivity contribution is 9.10. The number of esters is 1. The van der Waals surface area contributed by atoms with Crippen LogP contribution in [-0.2, 0) is 19.9 Å². The summed E-state index contributed by atoms with van der Waals surface area (Å²) in [7, 11) is 0. The fourth-order valence-electron chi connectivity index (χ4n) is 1.71. The van der Waals surface area contributed by atoms with Crippen LogP contribution in [0.4, 0.5) is 0 Å². The number of rotatable bonds is 4. The van der Waals surface area contributed by atoms with Crippen molar-refractivity contribution in [1.29, 1.82) is 0 Å². The summed E-state index contributed by atoms with van der Waals surface area (Å²) in [5.41, 5.74) is 3.99.